The summed E-state index contributed by atoms with van der Waals surface area (Å²) >= 11 is 6.03. The van der Waals surface area contributed by atoms with Crippen LogP contribution in [-0.4, -0.2) is 53.1 Å². The van der Waals surface area contributed by atoms with Crippen LogP contribution in [0.3, 0.4) is 0 Å². The monoisotopic (exact) mass is 377 g/mol. The molecule has 1 amide bonds. The smallest absolute Gasteiger partial charge is 0.263 e. The minimum Gasteiger partial charge on any atom is -0.481 e. The molecule has 2 aromatic rings. The highest BCUT2D eigenvalue weighted by molar-refractivity contribution is 6.31. The summed E-state index contributed by atoms with van der Waals surface area (Å²) in [6, 6.07) is 7.37. The van der Waals surface area contributed by atoms with Crippen molar-refractivity contribution in [2.45, 2.75) is 33.4 Å². The molecule has 0 aliphatic carbocycles. The SMILES string of the molecule is Cc1cc(CN2CCN(C(=O)C(C)Oc3ccc(Cl)c(C)c3)CC2)no1. The molecule has 0 radical (unpaired) electrons. The topological polar surface area (TPSA) is 58.8 Å². The molecule has 1 unspecified atom stereocenters. The molecular formula is C19H24ClN3O3. The highest BCUT2D eigenvalue weighted by Gasteiger charge is 2.26. The third-order valence-corrected chi connectivity index (χ3v) is 4.96. The van der Waals surface area contributed by atoms with Gasteiger partial charge in [0.2, 0.25) is 0 Å². The third kappa shape index (κ3) is 4.56. The fourth-order valence-corrected chi connectivity index (χ4v) is 3.17. The molecule has 0 spiro atoms. The van der Waals surface area contributed by atoms with E-state index in [0.29, 0.717) is 23.9 Å². The molecule has 0 bridgehead atoms. The number of hydrogen-bond acceptors (Lipinski definition) is 5. The van der Waals surface area contributed by atoms with Crippen molar-refractivity contribution >= 4 is 17.5 Å². The number of rotatable bonds is 5. The fraction of sp³-hybridized carbons (Fsp3) is 0.474. The Labute approximate surface area is 158 Å². The van der Waals surface area contributed by atoms with Crippen LogP contribution in [0.4, 0.5) is 0 Å². The summed E-state index contributed by atoms with van der Waals surface area (Å²) in [6.07, 6.45) is -0.527. The molecule has 1 aliphatic rings. The molecule has 1 fully saturated rings. The predicted molar refractivity (Wildman–Crippen MR) is 99.4 cm³/mol. The zero-order chi connectivity index (χ0) is 18.7. The quantitative estimate of drug-likeness (QED) is 0.801. The van der Waals surface area contributed by atoms with Crippen molar-refractivity contribution in [1.82, 2.24) is 15.0 Å². The zero-order valence-corrected chi connectivity index (χ0v) is 16.1. The van der Waals surface area contributed by atoms with E-state index in [4.69, 9.17) is 20.9 Å². The van der Waals surface area contributed by atoms with Gasteiger partial charge >= 0.3 is 0 Å². The normalized spacial score (nSPS) is 16.5. The molecule has 1 aliphatic heterocycles. The maximum atomic E-state index is 12.7. The number of carbonyl (C=O) groups excluding carboxylic acids is 1. The van der Waals surface area contributed by atoms with Gasteiger partial charge in [0, 0.05) is 43.8 Å². The van der Waals surface area contributed by atoms with Crippen LogP contribution in [0.1, 0.15) is 23.9 Å². The molecule has 0 N–H and O–H groups in total. The molecule has 7 heteroatoms. The van der Waals surface area contributed by atoms with E-state index < -0.39 is 6.10 Å². The number of halogens is 1. The molecule has 140 valence electrons. The van der Waals surface area contributed by atoms with Gasteiger partial charge in [0.15, 0.2) is 6.10 Å². The fourth-order valence-electron chi connectivity index (χ4n) is 3.05. The summed E-state index contributed by atoms with van der Waals surface area (Å²) < 4.78 is 10.9. The van der Waals surface area contributed by atoms with E-state index in [1.54, 1.807) is 19.1 Å². The first kappa shape index (κ1) is 18.7. The van der Waals surface area contributed by atoms with E-state index in [2.05, 4.69) is 10.1 Å². The van der Waals surface area contributed by atoms with Crippen molar-refractivity contribution in [3.05, 3.63) is 46.3 Å². The number of hydrogen-bond donors (Lipinski definition) is 0. The van der Waals surface area contributed by atoms with Crippen molar-refractivity contribution in [1.29, 1.82) is 0 Å². The average molecular weight is 378 g/mol. The summed E-state index contributed by atoms with van der Waals surface area (Å²) in [5, 5.41) is 4.72. The molecule has 3 rings (SSSR count). The van der Waals surface area contributed by atoms with Crippen molar-refractivity contribution in [3.8, 4) is 5.75 Å². The van der Waals surface area contributed by atoms with E-state index in [9.17, 15) is 4.79 Å². The van der Waals surface area contributed by atoms with Crippen molar-refractivity contribution in [2.24, 2.45) is 0 Å². The van der Waals surface area contributed by atoms with Crippen molar-refractivity contribution in [2.75, 3.05) is 26.2 Å². The second kappa shape index (κ2) is 8.10. The van der Waals surface area contributed by atoms with E-state index in [0.717, 1.165) is 36.7 Å². The first-order chi connectivity index (χ1) is 12.4. The van der Waals surface area contributed by atoms with Crippen molar-refractivity contribution < 1.29 is 14.1 Å². The Morgan fingerprint density at radius 1 is 1.27 bits per heavy atom. The number of aryl methyl sites for hydroxylation is 2. The number of piperazine rings is 1. The maximum Gasteiger partial charge on any atom is 0.263 e. The lowest BCUT2D eigenvalue weighted by Crippen LogP contribution is -2.51. The van der Waals surface area contributed by atoms with Crippen molar-refractivity contribution in [3.63, 3.8) is 0 Å². The van der Waals surface area contributed by atoms with Gasteiger partial charge in [0.25, 0.3) is 5.91 Å². The van der Waals surface area contributed by atoms with Crippen LogP contribution in [0.2, 0.25) is 5.02 Å². The first-order valence-electron chi connectivity index (χ1n) is 8.78. The molecule has 2 heterocycles. The molecule has 6 nitrogen and oxygen atoms in total. The summed E-state index contributed by atoms with van der Waals surface area (Å²) in [4.78, 5) is 16.8. The lowest BCUT2D eigenvalue weighted by molar-refractivity contribution is -0.139. The minimum atomic E-state index is -0.527. The average Bonchev–Trinajstić information content (AvgIpc) is 3.03. The number of nitrogens with zero attached hydrogens (tertiary/aromatic N) is 3. The third-order valence-electron chi connectivity index (χ3n) is 4.54. The Hall–Kier alpha value is -2.05. The molecule has 1 atom stereocenters. The van der Waals surface area contributed by atoms with E-state index in [1.807, 2.05) is 30.9 Å². The van der Waals surface area contributed by atoms with Gasteiger partial charge in [-0.15, -0.1) is 0 Å². The van der Waals surface area contributed by atoms with Crippen LogP contribution >= 0.6 is 11.6 Å². The van der Waals surface area contributed by atoms with Crippen LogP contribution in [0.25, 0.3) is 0 Å². The highest BCUT2D eigenvalue weighted by atomic mass is 35.5. The standard InChI is InChI=1S/C19H24ClN3O3/c1-13-10-17(4-5-18(13)20)25-15(3)19(24)23-8-6-22(7-9-23)12-16-11-14(2)26-21-16/h4-5,10-11,15H,6-9,12H2,1-3H3. The van der Waals surface area contributed by atoms with Crippen LogP contribution in [0.15, 0.2) is 28.8 Å². The van der Waals surface area contributed by atoms with E-state index in [1.165, 1.54) is 0 Å². The molecule has 0 saturated carbocycles. The number of amides is 1. The van der Waals surface area contributed by atoms with Gasteiger partial charge in [-0.1, -0.05) is 16.8 Å². The number of carbonyl (C=O) groups is 1. The summed E-state index contributed by atoms with van der Waals surface area (Å²) in [7, 11) is 0. The largest absolute Gasteiger partial charge is 0.481 e. The molecule has 1 saturated heterocycles. The lowest BCUT2D eigenvalue weighted by Gasteiger charge is -2.35. The van der Waals surface area contributed by atoms with Gasteiger partial charge < -0.3 is 14.2 Å². The minimum absolute atomic E-state index is 0.00883. The zero-order valence-electron chi connectivity index (χ0n) is 15.4. The second-order valence-corrected chi connectivity index (χ2v) is 7.11. The van der Waals surface area contributed by atoms with Gasteiger partial charge in [-0.2, -0.15) is 0 Å². The summed E-state index contributed by atoms with van der Waals surface area (Å²) in [5.74, 6) is 1.49. The lowest BCUT2D eigenvalue weighted by atomic mass is 10.2. The number of ether oxygens (including phenoxy) is 1. The molecule has 1 aromatic heterocycles. The van der Waals surface area contributed by atoms with Gasteiger partial charge in [0.1, 0.15) is 11.5 Å². The Morgan fingerprint density at radius 3 is 2.62 bits per heavy atom. The maximum absolute atomic E-state index is 12.7. The molecular weight excluding hydrogens is 354 g/mol. The predicted octanol–water partition coefficient (Wildman–Crippen LogP) is 3.06. The van der Waals surface area contributed by atoms with E-state index >= 15 is 0 Å². The van der Waals surface area contributed by atoms with Crippen LogP contribution in [0, 0.1) is 13.8 Å². The van der Waals surface area contributed by atoms with Gasteiger partial charge in [-0.3, -0.25) is 9.69 Å². The van der Waals surface area contributed by atoms with Crippen LogP contribution in [-0.2, 0) is 11.3 Å². The first-order valence-corrected chi connectivity index (χ1v) is 9.16. The van der Waals surface area contributed by atoms with Gasteiger partial charge in [0.05, 0.1) is 5.69 Å². The number of aromatic nitrogens is 1. The Kier molecular flexibility index (Phi) is 5.84. The Morgan fingerprint density at radius 2 is 2.00 bits per heavy atom. The second-order valence-electron chi connectivity index (χ2n) is 6.70. The molecule has 1 aromatic carbocycles. The van der Waals surface area contributed by atoms with E-state index in [-0.39, 0.29) is 5.91 Å². The summed E-state index contributed by atoms with van der Waals surface area (Å²) in [5.41, 5.74) is 1.86. The van der Waals surface area contributed by atoms with Crippen LogP contribution in [0.5, 0.6) is 5.75 Å². The summed E-state index contributed by atoms with van der Waals surface area (Å²) in [6.45, 7) is 9.32. The number of benzene rings is 1. The van der Waals surface area contributed by atoms with Crippen LogP contribution < -0.4 is 4.74 Å². The van der Waals surface area contributed by atoms with Gasteiger partial charge in [-0.25, -0.2) is 0 Å². The Balaban J connectivity index is 1.50. The van der Waals surface area contributed by atoms with Gasteiger partial charge in [-0.05, 0) is 44.5 Å². The molecule has 26 heavy (non-hydrogen) atoms. The highest BCUT2D eigenvalue weighted by Crippen LogP contribution is 2.22. The Bertz CT molecular complexity index is 769.